The zero-order valence-corrected chi connectivity index (χ0v) is 12.5. The van der Waals surface area contributed by atoms with E-state index in [1.807, 2.05) is 31.2 Å². The first-order valence-electron chi connectivity index (χ1n) is 7.59. The second kappa shape index (κ2) is 8.00. The molecule has 1 aliphatic carbocycles. The molecule has 0 heterocycles. The van der Waals surface area contributed by atoms with Gasteiger partial charge in [0.1, 0.15) is 0 Å². The van der Waals surface area contributed by atoms with E-state index >= 15 is 0 Å². The van der Waals surface area contributed by atoms with Gasteiger partial charge in [0.2, 0.25) is 0 Å². The molecular formula is C16H24N2O3. The lowest BCUT2D eigenvalue weighted by atomic mass is 10.1. The molecule has 116 valence electrons. The number of anilines is 1. The molecule has 5 nitrogen and oxygen atoms in total. The fourth-order valence-corrected chi connectivity index (χ4v) is 2.63. The first-order valence-corrected chi connectivity index (χ1v) is 7.59. The molecule has 2 atom stereocenters. The van der Waals surface area contributed by atoms with Crippen molar-refractivity contribution in [2.45, 2.75) is 38.9 Å². The SMILES string of the molecule is CCOCc1ccccc1NC(=O)NC[C@@H]1CCC[C@@H]1O. The quantitative estimate of drug-likeness (QED) is 0.754. The van der Waals surface area contributed by atoms with Crippen molar-refractivity contribution in [1.82, 2.24) is 5.32 Å². The highest BCUT2D eigenvalue weighted by Gasteiger charge is 2.25. The number of hydrogen-bond donors (Lipinski definition) is 3. The van der Waals surface area contributed by atoms with Crippen LogP contribution in [0.5, 0.6) is 0 Å². The minimum atomic E-state index is -0.282. The number of rotatable bonds is 6. The topological polar surface area (TPSA) is 70.6 Å². The van der Waals surface area contributed by atoms with Crippen molar-refractivity contribution in [2.24, 2.45) is 5.92 Å². The summed E-state index contributed by atoms with van der Waals surface area (Å²) in [6.45, 7) is 3.57. The Morgan fingerprint density at radius 1 is 1.38 bits per heavy atom. The summed E-state index contributed by atoms with van der Waals surface area (Å²) in [7, 11) is 0. The highest BCUT2D eigenvalue weighted by atomic mass is 16.5. The summed E-state index contributed by atoms with van der Waals surface area (Å²) in [6.07, 6.45) is 2.57. The van der Waals surface area contributed by atoms with Crippen LogP contribution in [-0.2, 0) is 11.3 Å². The Kier molecular flexibility index (Phi) is 6.02. The summed E-state index contributed by atoms with van der Waals surface area (Å²) in [6, 6.07) is 7.36. The molecule has 21 heavy (non-hydrogen) atoms. The summed E-state index contributed by atoms with van der Waals surface area (Å²) in [4.78, 5) is 12.0. The van der Waals surface area contributed by atoms with E-state index in [2.05, 4.69) is 10.6 Å². The maximum absolute atomic E-state index is 12.0. The predicted molar refractivity (Wildman–Crippen MR) is 82.1 cm³/mol. The number of aliphatic hydroxyl groups excluding tert-OH is 1. The van der Waals surface area contributed by atoms with Crippen LogP contribution in [0.15, 0.2) is 24.3 Å². The Labute approximate surface area is 125 Å². The van der Waals surface area contributed by atoms with Gasteiger partial charge in [-0.15, -0.1) is 0 Å². The third-order valence-electron chi connectivity index (χ3n) is 3.87. The maximum Gasteiger partial charge on any atom is 0.319 e. The summed E-state index contributed by atoms with van der Waals surface area (Å²) in [5.74, 6) is 0.175. The summed E-state index contributed by atoms with van der Waals surface area (Å²) >= 11 is 0. The Bertz CT molecular complexity index is 465. The van der Waals surface area contributed by atoms with Crippen LogP contribution in [0.1, 0.15) is 31.7 Å². The normalized spacial score (nSPS) is 21.2. The van der Waals surface area contributed by atoms with E-state index in [1.165, 1.54) is 0 Å². The number of urea groups is 1. The van der Waals surface area contributed by atoms with Crippen LogP contribution in [0.3, 0.4) is 0 Å². The maximum atomic E-state index is 12.0. The minimum absolute atomic E-state index is 0.175. The molecule has 3 N–H and O–H groups in total. The Balaban J connectivity index is 1.84. The zero-order valence-electron chi connectivity index (χ0n) is 12.5. The molecule has 2 rings (SSSR count). The molecule has 0 bridgehead atoms. The van der Waals surface area contributed by atoms with Gasteiger partial charge in [-0.25, -0.2) is 4.79 Å². The number of hydrogen-bond acceptors (Lipinski definition) is 3. The molecule has 1 aromatic carbocycles. The number of benzene rings is 1. The third kappa shape index (κ3) is 4.72. The van der Waals surface area contributed by atoms with Crippen LogP contribution in [0.2, 0.25) is 0 Å². The van der Waals surface area contributed by atoms with Gasteiger partial charge in [0.15, 0.2) is 0 Å². The number of nitrogens with one attached hydrogen (secondary N) is 2. The number of ether oxygens (including phenoxy) is 1. The molecule has 0 radical (unpaired) electrons. The smallest absolute Gasteiger partial charge is 0.319 e. The van der Waals surface area contributed by atoms with Crippen LogP contribution in [0.4, 0.5) is 10.5 Å². The summed E-state index contributed by atoms with van der Waals surface area (Å²) in [5.41, 5.74) is 1.71. The van der Waals surface area contributed by atoms with Gasteiger partial charge in [-0.2, -0.15) is 0 Å². The van der Waals surface area contributed by atoms with Gasteiger partial charge in [-0.1, -0.05) is 24.6 Å². The molecule has 1 aromatic rings. The number of carbonyl (C=O) groups is 1. The number of aliphatic hydroxyl groups is 1. The number of carbonyl (C=O) groups excluding carboxylic acids is 1. The first-order chi connectivity index (χ1) is 10.2. The molecule has 0 saturated heterocycles. The van der Waals surface area contributed by atoms with Crippen molar-refractivity contribution < 1.29 is 14.6 Å². The molecule has 0 aliphatic heterocycles. The third-order valence-corrected chi connectivity index (χ3v) is 3.87. The van der Waals surface area contributed by atoms with Gasteiger partial charge in [0, 0.05) is 30.3 Å². The lowest BCUT2D eigenvalue weighted by molar-refractivity contribution is 0.133. The van der Waals surface area contributed by atoms with Gasteiger partial charge in [-0.05, 0) is 25.8 Å². The van der Waals surface area contributed by atoms with E-state index in [1.54, 1.807) is 0 Å². The van der Waals surface area contributed by atoms with E-state index in [4.69, 9.17) is 4.74 Å². The molecule has 5 heteroatoms. The summed E-state index contributed by atoms with van der Waals surface area (Å²) in [5, 5.41) is 15.4. The molecule has 0 unspecified atom stereocenters. The van der Waals surface area contributed by atoms with E-state index in [9.17, 15) is 9.90 Å². The van der Waals surface area contributed by atoms with Gasteiger partial charge in [-0.3, -0.25) is 0 Å². The standard InChI is InChI=1S/C16H24N2O3/c1-2-21-11-13-6-3-4-8-14(13)18-16(20)17-10-12-7-5-9-15(12)19/h3-4,6,8,12,15,19H,2,5,7,9-11H2,1H3,(H2,17,18,20)/t12-,15-/m0/s1. The Morgan fingerprint density at radius 3 is 2.90 bits per heavy atom. The van der Waals surface area contributed by atoms with E-state index in [0.29, 0.717) is 19.8 Å². The molecule has 1 aliphatic rings. The van der Waals surface area contributed by atoms with E-state index < -0.39 is 0 Å². The molecule has 1 fully saturated rings. The molecule has 2 amide bonds. The lowest BCUT2D eigenvalue weighted by Crippen LogP contribution is -2.35. The van der Waals surface area contributed by atoms with Crippen molar-refractivity contribution in [3.63, 3.8) is 0 Å². The largest absolute Gasteiger partial charge is 0.393 e. The monoisotopic (exact) mass is 292 g/mol. The van der Waals surface area contributed by atoms with Crippen LogP contribution < -0.4 is 10.6 Å². The zero-order chi connectivity index (χ0) is 15.1. The Morgan fingerprint density at radius 2 is 2.19 bits per heavy atom. The molecule has 0 aromatic heterocycles. The highest BCUT2D eigenvalue weighted by molar-refractivity contribution is 5.90. The first kappa shape index (κ1) is 15.8. The number of para-hydroxylation sites is 1. The Hall–Kier alpha value is -1.59. The number of amides is 2. The second-order valence-electron chi connectivity index (χ2n) is 5.39. The van der Waals surface area contributed by atoms with Crippen molar-refractivity contribution >= 4 is 11.7 Å². The van der Waals surface area contributed by atoms with Crippen molar-refractivity contribution in [2.75, 3.05) is 18.5 Å². The van der Waals surface area contributed by atoms with Crippen molar-refractivity contribution in [1.29, 1.82) is 0 Å². The van der Waals surface area contributed by atoms with Crippen molar-refractivity contribution in [3.05, 3.63) is 29.8 Å². The van der Waals surface area contributed by atoms with E-state index in [0.717, 1.165) is 30.5 Å². The predicted octanol–water partition coefficient (Wildman–Crippen LogP) is 2.51. The molecular weight excluding hydrogens is 268 g/mol. The minimum Gasteiger partial charge on any atom is -0.393 e. The fourth-order valence-electron chi connectivity index (χ4n) is 2.63. The van der Waals surface area contributed by atoms with Crippen molar-refractivity contribution in [3.8, 4) is 0 Å². The van der Waals surface area contributed by atoms with E-state index in [-0.39, 0.29) is 18.1 Å². The van der Waals surface area contributed by atoms with Crippen LogP contribution in [-0.4, -0.2) is 30.4 Å². The lowest BCUT2D eigenvalue weighted by Gasteiger charge is -2.16. The van der Waals surface area contributed by atoms with Crippen LogP contribution in [0.25, 0.3) is 0 Å². The average molecular weight is 292 g/mol. The van der Waals surface area contributed by atoms with Gasteiger partial charge in [0.25, 0.3) is 0 Å². The highest BCUT2D eigenvalue weighted by Crippen LogP contribution is 2.24. The fraction of sp³-hybridized carbons (Fsp3) is 0.562. The van der Waals surface area contributed by atoms with Crippen LogP contribution >= 0.6 is 0 Å². The van der Waals surface area contributed by atoms with Crippen LogP contribution in [0, 0.1) is 5.92 Å². The second-order valence-corrected chi connectivity index (χ2v) is 5.39. The molecule has 1 saturated carbocycles. The van der Waals surface area contributed by atoms with Gasteiger partial charge >= 0.3 is 6.03 Å². The van der Waals surface area contributed by atoms with Gasteiger partial charge < -0.3 is 20.5 Å². The summed E-state index contributed by atoms with van der Waals surface area (Å²) < 4.78 is 5.39. The average Bonchev–Trinajstić information content (AvgIpc) is 2.89. The van der Waals surface area contributed by atoms with Gasteiger partial charge in [0.05, 0.1) is 12.7 Å². The molecule has 0 spiro atoms.